The number of carbonyl (C=O) groups excluding carboxylic acids is 1. The molecule has 124 valence electrons. The Morgan fingerprint density at radius 1 is 1.04 bits per heavy atom. The molecule has 0 heterocycles. The Morgan fingerprint density at radius 2 is 1.62 bits per heavy atom. The summed E-state index contributed by atoms with van der Waals surface area (Å²) < 4.78 is 10.9. The minimum atomic E-state index is -0.179. The van der Waals surface area contributed by atoms with Crippen LogP contribution in [0.5, 0.6) is 11.5 Å². The number of nitrogens with one attached hydrogen (secondary N) is 1. The van der Waals surface area contributed by atoms with Crippen LogP contribution in [0, 0.1) is 0 Å². The molecule has 24 heavy (non-hydrogen) atoms. The lowest BCUT2D eigenvalue weighted by Crippen LogP contribution is -2.11. The second kappa shape index (κ2) is 8.58. The molecule has 1 N–H and O–H groups in total. The SMILES string of the molecule is C=CCOc1ccc(NC(=O)c2ccc(OCC(=C)C)cc2)cc1. The molecule has 0 atom stereocenters. The zero-order chi connectivity index (χ0) is 17.4. The molecule has 0 aromatic heterocycles. The third-order valence-electron chi connectivity index (χ3n) is 3.08. The van der Waals surface area contributed by atoms with Crippen LogP contribution in [-0.4, -0.2) is 19.1 Å². The number of anilines is 1. The monoisotopic (exact) mass is 323 g/mol. The van der Waals surface area contributed by atoms with Gasteiger partial charge in [-0.05, 0) is 61.0 Å². The molecule has 0 aliphatic rings. The van der Waals surface area contributed by atoms with Crippen LogP contribution in [0.25, 0.3) is 0 Å². The maximum atomic E-state index is 12.2. The van der Waals surface area contributed by atoms with E-state index in [2.05, 4.69) is 18.5 Å². The highest BCUT2D eigenvalue weighted by Gasteiger charge is 2.06. The maximum absolute atomic E-state index is 12.2. The normalized spacial score (nSPS) is 9.88. The van der Waals surface area contributed by atoms with Gasteiger partial charge in [0, 0.05) is 11.3 Å². The number of benzene rings is 2. The lowest BCUT2D eigenvalue weighted by Gasteiger charge is -2.09. The number of hydrogen-bond acceptors (Lipinski definition) is 3. The molecule has 0 unspecified atom stereocenters. The number of carbonyl (C=O) groups is 1. The zero-order valence-corrected chi connectivity index (χ0v) is 13.7. The van der Waals surface area contributed by atoms with Gasteiger partial charge in [-0.15, -0.1) is 0 Å². The van der Waals surface area contributed by atoms with Crippen molar-refractivity contribution in [3.63, 3.8) is 0 Å². The highest BCUT2D eigenvalue weighted by Crippen LogP contribution is 2.18. The molecular formula is C20H21NO3. The first-order valence-electron chi connectivity index (χ1n) is 7.61. The summed E-state index contributed by atoms with van der Waals surface area (Å²) in [6.07, 6.45) is 1.68. The Bertz CT molecular complexity index is 703. The fourth-order valence-corrected chi connectivity index (χ4v) is 1.90. The molecule has 2 rings (SSSR count). The van der Waals surface area contributed by atoms with Crippen LogP contribution in [0.1, 0.15) is 17.3 Å². The van der Waals surface area contributed by atoms with Crippen LogP contribution in [0.3, 0.4) is 0 Å². The highest BCUT2D eigenvalue weighted by molar-refractivity contribution is 6.04. The summed E-state index contributed by atoms with van der Waals surface area (Å²) in [5, 5.41) is 2.84. The van der Waals surface area contributed by atoms with Gasteiger partial charge in [0.15, 0.2) is 0 Å². The average molecular weight is 323 g/mol. The molecule has 0 radical (unpaired) electrons. The highest BCUT2D eigenvalue weighted by atomic mass is 16.5. The molecule has 0 aliphatic carbocycles. The smallest absolute Gasteiger partial charge is 0.255 e. The van der Waals surface area contributed by atoms with E-state index >= 15 is 0 Å². The first kappa shape index (κ1) is 17.3. The van der Waals surface area contributed by atoms with Crippen LogP contribution in [0.4, 0.5) is 5.69 Å². The summed E-state index contributed by atoms with van der Waals surface area (Å²) in [6, 6.07) is 14.2. The Labute approximate surface area is 142 Å². The van der Waals surface area contributed by atoms with Crippen molar-refractivity contribution in [3.8, 4) is 11.5 Å². The minimum Gasteiger partial charge on any atom is -0.490 e. The standard InChI is InChI=1S/C20H21NO3/c1-4-13-23-18-11-7-17(8-12-18)21-20(22)16-5-9-19(10-6-16)24-14-15(2)3/h4-12H,1-2,13-14H2,3H3,(H,21,22). The van der Waals surface area contributed by atoms with Gasteiger partial charge in [0.05, 0.1) is 0 Å². The van der Waals surface area contributed by atoms with Crippen LogP contribution in [0.15, 0.2) is 73.3 Å². The van der Waals surface area contributed by atoms with Gasteiger partial charge < -0.3 is 14.8 Å². The Kier molecular flexibility index (Phi) is 6.20. The van der Waals surface area contributed by atoms with E-state index in [1.807, 2.05) is 6.92 Å². The fourth-order valence-electron chi connectivity index (χ4n) is 1.90. The third kappa shape index (κ3) is 5.32. The molecule has 0 saturated carbocycles. The summed E-state index contributed by atoms with van der Waals surface area (Å²) in [4.78, 5) is 12.2. The number of ether oxygens (including phenoxy) is 2. The van der Waals surface area contributed by atoms with Crippen molar-refractivity contribution >= 4 is 11.6 Å². The van der Waals surface area contributed by atoms with E-state index in [1.54, 1.807) is 54.6 Å². The van der Waals surface area contributed by atoms with E-state index in [-0.39, 0.29) is 5.91 Å². The lowest BCUT2D eigenvalue weighted by molar-refractivity contribution is 0.102. The van der Waals surface area contributed by atoms with Crippen LogP contribution in [0.2, 0.25) is 0 Å². The van der Waals surface area contributed by atoms with Gasteiger partial charge in [0.25, 0.3) is 5.91 Å². The molecule has 4 heteroatoms. The van der Waals surface area contributed by atoms with Gasteiger partial charge in [-0.1, -0.05) is 19.2 Å². The van der Waals surface area contributed by atoms with E-state index in [0.717, 1.165) is 11.3 Å². The second-order valence-electron chi connectivity index (χ2n) is 5.35. The van der Waals surface area contributed by atoms with Gasteiger partial charge in [-0.2, -0.15) is 0 Å². The predicted octanol–water partition coefficient (Wildman–Crippen LogP) is 4.46. The summed E-state index contributed by atoms with van der Waals surface area (Å²) in [6.45, 7) is 10.2. The van der Waals surface area contributed by atoms with Gasteiger partial charge in [-0.3, -0.25) is 4.79 Å². The van der Waals surface area contributed by atoms with Crippen molar-refractivity contribution < 1.29 is 14.3 Å². The summed E-state index contributed by atoms with van der Waals surface area (Å²) in [7, 11) is 0. The molecule has 0 bridgehead atoms. The molecule has 0 aliphatic heterocycles. The average Bonchev–Trinajstić information content (AvgIpc) is 2.59. The van der Waals surface area contributed by atoms with Crippen LogP contribution >= 0.6 is 0 Å². The first-order chi connectivity index (χ1) is 11.6. The molecule has 0 saturated heterocycles. The quantitative estimate of drug-likeness (QED) is 0.730. The molecular weight excluding hydrogens is 302 g/mol. The molecule has 0 spiro atoms. The van der Waals surface area contributed by atoms with Crippen molar-refractivity contribution in [1.82, 2.24) is 0 Å². The van der Waals surface area contributed by atoms with Gasteiger partial charge in [0.2, 0.25) is 0 Å². The van der Waals surface area contributed by atoms with E-state index in [0.29, 0.717) is 30.2 Å². The molecule has 1 amide bonds. The van der Waals surface area contributed by atoms with Crippen molar-refractivity contribution in [2.24, 2.45) is 0 Å². The molecule has 0 fully saturated rings. The first-order valence-corrected chi connectivity index (χ1v) is 7.61. The minimum absolute atomic E-state index is 0.179. The summed E-state index contributed by atoms with van der Waals surface area (Å²) >= 11 is 0. The number of rotatable bonds is 8. The Balaban J connectivity index is 1.94. The summed E-state index contributed by atoms with van der Waals surface area (Å²) in [5.41, 5.74) is 2.20. The maximum Gasteiger partial charge on any atom is 0.255 e. The fraction of sp³-hybridized carbons (Fsp3) is 0.150. The van der Waals surface area contributed by atoms with E-state index in [9.17, 15) is 4.79 Å². The Hall–Kier alpha value is -3.01. The second-order valence-corrected chi connectivity index (χ2v) is 5.35. The predicted molar refractivity (Wildman–Crippen MR) is 96.8 cm³/mol. The lowest BCUT2D eigenvalue weighted by atomic mass is 10.2. The largest absolute Gasteiger partial charge is 0.490 e. The van der Waals surface area contributed by atoms with Crippen molar-refractivity contribution in [2.75, 3.05) is 18.5 Å². The van der Waals surface area contributed by atoms with Crippen molar-refractivity contribution in [3.05, 3.63) is 78.9 Å². The topological polar surface area (TPSA) is 47.6 Å². The zero-order valence-electron chi connectivity index (χ0n) is 13.7. The van der Waals surface area contributed by atoms with E-state index in [4.69, 9.17) is 9.47 Å². The van der Waals surface area contributed by atoms with E-state index in [1.165, 1.54) is 0 Å². The molecule has 2 aromatic carbocycles. The van der Waals surface area contributed by atoms with Gasteiger partial charge >= 0.3 is 0 Å². The van der Waals surface area contributed by atoms with Crippen LogP contribution < -0.4 is 14.8 Å². The molecule has 2 aromatic rings. The summed E-state index contributed by atoms with van der Waals surface area (Å²) in [5.74, 6) is 1.26. The van der Waals surface area contributed by atoms with Crippen molar-refractivity contribution in [1.29, 1.82) is 0 Å². The third-order valence-corrected chi connectivity index (χ3v) is 3.08. The van der Waals surface area contributed by atoms with Gasteiger partial charge in [0.1, 0.15) is 24.7 Å². The van der Waals surface area contributed by atoms with Gasteiger partial charge in [-0.25, -0.2) is 0 Å². The molecule has 4 nitrogen and oxygen atoms in total. The Morgan fingerprint density at radius 3 is 2.21 bits per heavy atom. The number of hydrogen-bond donors (Lipinski definition) is 1. The van der Waals surface area contributed by atoms with Crippen LogP contribution in [-0.2, 0) is 0 Å². The number of amides is 1. The van der Waals surface area contributed by atoms with E-state index < -0.39 is 0 Å². The van der Waals surface area contributed by atoms with Crippen molar-refractivity contribution in [2.45, 2.75) is 6.92 Å².